The van der Waals surface area contributed by atoms with Crippen LogP contribution in [0.1, 0.15) is 28.7 Å². The summed E-state index contributed by atoms with van der Waals surface area (Å²) in [6.45, 7) is 7.30. The number of allylic oxidation sites excluding steroid dienone is 2. The molecule has 3 aromatic rings. The number of benzene rings is 3. The first-order valence-corrected chi connectivity index (χ1v) is 11.2. The number of hydrogen-bond donors (Lipinski definition) is 0. The average molecular weight is 653 g/mol. The Balaban J connectivity index is 2.20. The molecule has 0 saturated carbocycles. The number of nitrogens with zero attached hydrogens (tertiary/aromatic N) is 3. The summed E-state index contributed by atoms with van der Waals surface area (Å²) in [5, 5.41) is 19.3. The minimum Gasteiger partial charge on any atom is -0.303 e. The second kappa shape index (κ2) is 11.2. The molecule has 2 unspecified atom stereocenters. The summed E-state index contributed by atoms with van der Waals surface area (Å²) < 4.78 is 213. The quantitative estimate of drug-likeness (QED) is 0.0915. The van der Waals surface area contributed by atoms with E-state index in [-0.39, 0.29) is 0 Å². The monoisotopic (exact) mass is 653 g/mol. The van der Waals surface area contributed by atoms with Gasteiger partial charge in [-0.2, -0.15) is 10.5 Å². The van der Waals surface area contributed by atoms with Crippen molar-refractivity contribution in [1.29, 1.82) is 10.5 Å². The minimum absolute atomic E-state index is 0.877. The van der Waals surface area contributed by atoms with Crippen LogP contribution in [0.15, 0.2) is 16.7 Å². The van der Waals surface area contributed by atoms with Crippen molar-refractivity contribution in [1.82, 2.24) is 0 Å². The topological polar surface area (TPSA) is 51.9 Å². The van der Waals surface area contributed by atoms with Crippen LogP contribution in [-0.4, -0.2) is 0 Å². The number of halogens is 15. The second-order valence-electron chi connectivity index (χ2n) is 8.69. The van der Waals surface area contributed by atoms with Gasteiger partial charge in [-0.05, 0) is 5.57 Å². The maximum absolute atomic E-state index is 14.7. The van der Waals surface area contributed by atoms with Gasteiger partial charge >= 0.3 is 0 Å². The van der Waals surface area contributed by atoms with E-state index < -0.39 is 138 Å². The van der Waals surface area contributed by atoms with Crippen LogP contribution in [0.4, 0.5) is 65.9 Å². The molecule has 18 heteroatoms. The third-order valence-electron chi connectivity index (χ3n) is 6.46. The van der Waals surface area contributed by atoms with E-state index in [0.717, 1.165) is 12.1 Å². The van der Waals surface area contributed by atoms with Crippen LogP contribution in [0.3, 0.4) is 0 Å². The van der Waals surface area contributed by atoms with Crippen LogP contribution in [0.5, 0.6) is 0 Å². The van der Waals surface area contributed by atoms with Crippen molar-refractivity contribution in [2.75, 3.05) is 0 Å². The van der Waals surface area contributed by atoms with Gasteiger partial charge in [-0.15, -0.1) is 0 Å². The fraction of sp³-hybridized carbons (Fsp3) is 0.0741. The van der Waals surface area contributed by atoms with E-state index in [1.165, 1.54) is 0 Å². The Kier molecular flexibility index (Phi) is 8.11. The molecule has 3 nitrogen and oxygen atoms in total. The van der Waals surface area contributed by atoms with Gasteiger partial charge in [-0.3, -0.25) is 0 Å². The predicted octanol–water partition coefficient (Wildman–Crippen LogP) is 8.33. The summed E-state index contributed by atoms with van der Waals surface area (Å²) >= 11 is 0. The summed E-state index contributed by atoms with van der Waals surface area (Å²) in [7, 11) is 0. The van der Waals surface area contributed by atoms with Gasteiger partial charge in [-0.25, -0.2) is 72.4 Å². The van der Waals surface area contributed by atoms with Gasteiger partial charge in [0.25, 0.3) is 6.04 Å². The van der Waals surface area contributed by atoms with E-state index in [9.17, 15) is 76.4 Å². The van der Waals surface area contributed by atoms with Crippen LogP contribution >= 0.6 is 0 Å². The van der Waals surface area contributed by atoms with Gasteiger partial charge in [0.2, 0.25) is 17.5 Å². The first-order chi connectivity index (χ1) is 21.0. The fourth-order valence-corrected chi connectivity index (χ4v) is 4.42. The molecule has 1 aliphatic rings. The molecule has 0 aliphatic heterocycles. The molecule has 0 spiro atoms. The lowest BCUT2D eigenvalue weighted by molar-refractivity contribution is 0.369. The van der Waals surface area contributed by atoms with Crippen molar-refractivity contribution in [3.63, 3.8) is 0 Å². The van der Waals surface area contributed by atoms with Crippen LogP contribution in [0.2, 0.25) is 0 Å². The first kappa shape index (κ1) is 32.5. The number of nitriles is 2. The molecule has 0 N–H and O–H groups in total. The first-order valence-electron chi connectivity index (χ1n) is 11.2. The van der Waals surface area contributed by atoms with Crippen molar-refractivity contribution in [2.45, 2.75) is 12.0 Å². The zero-order valence-electron chi connectivity index (χ0n) is 20.7. The lowest BCUT2D eigenvalue weighted by atomic mass is 9.93. The summed E-state index contributed by atoms with van der Waals surface area (Å²) in [5.74, 6) is -44.1. The van der Waals surface area contributed by atoms with Crippen molar-refractivity contribution < 1.29 is 65.9 Å². The summed E-state index contributed by atoms with van der Waals surface area (Å²) in [6, 6.07) is -1.19. The number of rotatable bonds is 5. The summed E-state index contributed by atoms with van der Waals surface area (Å²) in [4.78, 5) is 2.58. The Hall–Kier alpha value is -5.44. The van der Waals surface area contributed by atoms with Crippen LogP contribution in [0.25, 0.3) is 10.4 Å². The Labute approximate surface area is 238 Å². The molecule has 45 heavy (non-hydrogen) atoms. The smallest absolute Gasteiger partial charge is 0.280 e. The van der Waals surface area contributed by atoms with E-state index in [1.807, 2.05) is 0 Å². The highest BCUT2D eigenvalue weighted by atomic mass is 19.2. The molecular formula is C27H2F15N3. The molecule has 230 valence electrons. The van der Waals surface area contributed by atoms with E-state index in [2.05, 4.69) is 4.85 Å². The predicted molar refractivity (Wildman–Crippen MR) is 116 cm³/mol. The van der Waals surface area contributed by atoms with E-state index in [0.29, 0.717) is 0 Å². The second-order valence-corrected chi connectivity index (χ2v) is 8.69. The van der Waals surface area contributed by atoms with Crippen LogP contribution < -0.4 is 0 Å². The van der Waals surface area contributed by atoms with Gasteiger partial charge in [0.15, 0.2) is 69.8 Å². The van der Waals surface area contributed by atoms with Crippen molar-refractivity contribution in [2.24, 2.45) is 0 Å². The maximum atomic E-state index is 14.7. The van der Waals surface area contributed by atoms with Gasteiger partial charge < -0.3 is 4.85 Å². The van der Waals surface area contributed by atoms with Gasteiger partial charge in [0, 0.05) is 5.57 Å². The van der Waals surface area contributed by atoms with Crippen molar-refractivity contribution >= 4 is 5.57 Å². The van der Waals surface area contributed by atoms with Crippen molar-refractivity contribution in [3.05, 3.63) is 132 Å². The van der Waals surface area contributed by atoms with Gasteiger partial charge in [0.1, 0.15) is 17.6 Å². The van der Waals surface area contributed by atoms with Crippen LogP contribution in [-0.2, 0) is 0 Å². The highest BCUT2D eigenvalue weighted by molar-refractivity contribution is 5.95. The molecular weight excluding hydrogens is 651 g/mol. The Morgan fingerprint density at radius 2 is 0.822 bits per heavy atom. The zero-order valence-corrected chi connectivity index (χ0v) is 20.7. The molecule has 3 aromatic carbocycles. The van der Waals surface area contributed by atoms with E-state index >= 15 is 0 Å². The Morgan fingerprint density at radius 1 is 0.489 bits per heavy atom. The summed E-state index contributed by atoms with van der Waals surface area (Å²) in [5.41, 5.74) is -12.5. The molecule has 0 fully saturated rings. The lowest BCUT2D eigenvalue weighted by Gasteiger charge is -2.12. The SMILES string of the molecule is [C-]#[N+]C(C1=C(C(C#N)c2c(F)c(F)c(F)c(F)c2F)C/1=C(\C#N)c1c(F)c(F)c(F)c(F)c1F)c1c(F)c(F)c(F)c(F)c1F. The van der Waals surface area contributed by atoms with E-state index in [1.54, 1.807) is 0 Å². The molecule has 1 aliphatic carbocycles. The van der Waals surface area contributed by atoms with Crippen LogP contribution in [0, 0.1) is 116 Å². The molecule has 0 bridgehead atoms. The number of hydrogen-bond acceptors (Lipinski definition) is 2. The molecule has 0 aromatic heterocycles. The maximum Gasteiger partial charge on any atom is 0.280 e. The van der Waals surface area contributed by atoms with E-state index in [4.69, 9.17) is 6.57 Å². The van der Waals surface area contributed by atoms with Crippen molar-refractivity contribution in [3.8, 4) is 12.1 Å². The highest BCUT2D eigenvalue weighted by Gasteiger charge is 2.52. The Morgan fingerprint density at radius 3 is 1.16 bits per heavy atom. The third-order valence-corrected chi connectivity index (χ3v) is 6.46. The Bertz CT molecular complexity index is 1880. The third kappa shape index (κ3) is 4.54. The summed E-state index contributed by atoms with van der Waals surface area (Å²) in [6.07, 6.45) is 0. The average Bonchev–Trinajstić information content (AvgIpc) is 3.74. The minimum atomic E-state index is -3.01. The normalized spacial score (nSPS) is 14.9. The standard InChI is InChI=1S/C27H2F15N3/c1-45-27(11-16(32)22(38)26(42)23(39)17(11)33)10-6(4(2-43)8-12(28)18(34)24(40)19(35)13(8)29)7(10)5(3-44)9-14(30)20(36)25(41)21(37)15(9)31/h4,27H/b7-5-. The highest BCUT2D eigenvalue weighted by Crippen LogP contribution is 2.59. The molecule has 2 atom stereocenters. The largest absolute Gasteiger partial charge is 0.303 e. The lowest BCUT2D eigenvalue weighted by Crippen LogP contribution is -2.11. The fourth-order valence-electron chi connectivity index (χ4n) is 4.42. The molecule has 0 amide bonds. The van der Waals surface area contributed by atoms with Gasteiger partial charge in [-0.1, -0.05) is 0 Å². The molecule has 0 heterocycles. The van der Waals surface area contributed by atoms with Gasteiger partial charge in [0.05, 0.1) is 28.3 Å². The molecule has 4 rings (SSSR count). The molecule has 0 saturated heterocycles. The molecule has 0 radical (unpaired) electrons. The zero-order chi connectivity index (χ0) is 34.0.